The number of aromatic nitrogens is 2. The lowest BCUT2D eigenvalue weighted by Crippen LogP contribution is -2.36. The Bertz CT molecular complexity index is 918. The molecule has 0 saturated carbocycles. The van der Waals surface area contributed by atoms with E-state index in [1.54, 1.807) is 12.1 Å². The van der Waals surface area contributed by atoms with Crippen molar-refractivity contribution in [2.24, 2.45) is 0 Å². The summed E-state index contributed by atoms with van der Waals surface area (Å²) in [5.41, 5.74) is 3.82. The Labute approximate surface area is 159 Å². The smallest absolute Gasteiger partial charge is 0.237 e. The molecule has 1 aliphatic rings. The summed E-state index contributed by atoms with van der Waals surface area (Å²) in [6, 6.07) is 11.6. The summed E-state index contributed by atoms with van der Waals surface area (Å²) in [5.74, 6) is 0.420. The molecule has 25 heavy (non-hydrogen) atoms. The van der Waals surface area contributed by atoms with Gasteiger partial charge in [-0.15, -0.1) is 0 Å². The maximum Gasteiger partial charge on any atom is 0.237 e. The Kier molecular flexibility index (Phi) is 4.63. The summed E-state index contributed by atoms with van der Waals surface area (Å²) >= 11 is 13.4. The summed E-state index contributed by atoms with van der Waals surface area (Å²) in [6.45, 7) is 0.766. The number of nitrogens with zero attached hydrogens (tertiary/aromatic N) is 2. The first kappa shape index (κ1) is 16.8. The average Bonchev–Trinajstić information content (AvgIpc) is 3.01. The number of thioether (sulfide) groups is 1. The highest BCUT2D eigenvalue weighted by Gasteiger charge is 2.22. The van der Waals surface area contributed by atoms with Crippen molar-refractivity contribution in [3.8, 4) is 0 Å². The van der Waals surface area contributed by atoms with E-state index in [1.165, 1.54) is 17.3 Å². The molecule has 0 radical (unpaired) electrons. The first-order valence-electron chi connectivity index (χ1n) is 7.97. The first-order valence-corrected chi connectivity index (χ1v) is 9.72. The molecule has 0 bridgehead atoms. The molecule has 4 rings (SSSR count). The third-order valence-electron chi connectivity index (χ3n) is 4.25. The molecule has 0 saturated heterocycles. The second-order valence-electron chi connectivity index (χ2n) is 5.89. The van der Waals surface area contributed by atoms with Crippen LogP contribution in [0.4, 0.5) is 5.69 Å². The topological polar surface area (TPSA) is 49.0 Å². The standard InChI is InChI=1S/C18H15Cl2N3OS/c19-12-8-14-15(9-13(12)20)22-18(21-14)25-10-17(24)23-7-3-5-11-4-1-2-6-16(11)23/h1-2,4,6,8-9H,3,5,7,10H2,(H,21,22). The number of amides is 1. The van der Waals surface area contributed by atoms with Crippen LogP contribution in [0, 0.1) is 0 Å². The van der Waals surface area contributed by atoms with Gasteiger partial charge in [0.05, 0.1) is 26.8 Å². The van der Waals surface area contributed by atoms with Crippen molar-refractivity contribution < 1.29 is 4.79 Å². The van der Waals surface area contributed by atoms with Crippen LogP contribution in [0.15, 0.2) is 41.6 Å². The summed E-state index contributed by atoms with van der Waals surface area (Å²) in [4.78, 5) is 22.2. The van der Waals surface area contributed by atoms with Gasteiger partial charge in [-0.3, -0.25) is 4.79 Å². The maximum atomic E-state index is 12.7. The van der Waals surface area contributed by atoms with E-state index in [-0.39, 0.29) is 5.91 Å². The zero-order valence-corrected chi connectivity index (χ0v) is 15.6. The van der Waals surface area contributed by atoms with Gasteiger partial charge in [-0.25, -0.2) is 4.98 Å². The summed E-state index contributed by atoms with van der Waals surface area (Å²) in [7, 11) is 0. The van der Waals surface area contributed by atoms with E-state index in [0.29, 0.717) is 21.0 Å². The van der Waals surface area contributed by atoms with E-state index in [1.807, 2.05) is 23.1 Å². The quantitative estimate of drug-likeness (QED) is 0.643. The van der Waals surface area contributed by atoms with Crippen molar-refractivity contribution in [2.45, 2.75) is 18.0 Å². The Balaban J connectivity index is 1.49. The van der Waals surface area contributed by atoms with Crippen molar-refractivity contribution in [3.63, 3.8) is 0 Å². The maximum absolute atomic E-state index is 12.7. The molecule has 2 aromatic carbocycles. The average molecular weight is 392 g/mol. The van der Waals surface area contributed by atoms with Crippen LogP contribution in [0.1, 0.15) is 12.0 Å². The van der Waals surface area contributed by atoms with Crippen LogP contribution in [0.2, 0.25) is 10.0 Å². The van der Waals surface area contributed by atoms with Gasteiger partial charge in [0.15, 0.2) is 5.16 Å². The van der Waals surface area contributed by atoms with Gasteiger partial charge in [0.1, 0.15) is 0 Å². The molecule has 0 unspecified atom stereocenters. The Morgan fingerprint density at radius 3 is 2.92 bits per heavy atom. The number of halogens is 2. The normalized spacial score (nSPS) is 13.9. The Morgan fingerprint density at radius 2 is 2.04 bits per heavy atom. The summed E-state index contributed by atoms with van der Waals surface area (Å²) in [6.07, 6.45) is 2.02. The number of aromatic amines is 1. The molecule has 2 heterocycles. The number of fused-ring (bicyclic) bond motifs is 2. The van der Waals surface area contributed by atoms with E-state index < -0.39 is 0 Å². The lowest BCUT2D eigenvalue weighted by Gasteiger charge is -2.29. The molecule has 1 aromatic heterocycles. The number of benzene rings is 2. The van der Waals surface area contributed by atoms with Gasteiger partial charge in [-0.2, -0.15) is 0 Å². The van der Waals surface area contributed by atoms with E-state index in [0.717, 1.165) is 36.1 Å². The van der Waals surface area contributed by atoms with Crippen LogP contribution in [-0.2, 0) is 11.2 Å². The predicted molar refractivity (Wildman–Crippen MR) is 104 cm³/mol. The highest BCUT2D eigenvalue weighted by molar-refractivity contribution is 7.99. The van der Waals surface area contributed by atoms with Crippen molar-refractivity contribution in [3.05, 3.63) is 52.0 Å². The van der Waals surface area contributed by atoms with Crippen LogP contribution in [0.25, 0.3) is 11.0 Å². The van der Waals surface area contributed by atoms with Crippen LogP contribution in [-0.4, -0.2) is 28.2 Å². The number of anilines is 1. The molecule has 0 aliphatic carbocycles. The van der Waals surface area contributed by atoms with E-state index in [9.17, 15) is 4.79 Å². The molecule has 0 spiro atoms. The Hall–Kier alpha value is -1.69. The molecule has 0 fully saturated rings. The molecule has 128 valence electrons. The van der Waals surface area contributed by atoms with Crippen molar-refractivity contribution in [2.75, 3.05) is 17.2 Å². The fraction of sp³-hybridized carbons (Fsp3) is 0.222. The van der Waals surface area contributed by atoms with Gasteiger partial charge in [-0.05, 0) is 36.6 Å². The number of carbonyl (C=O) groups excluding carboxylic acids is 1. The lowest BCUT2D eigenvalue weighted by molar-refractivity contribution is -0.116. The van der Waals surface area contributed by atoms with Crippen LogP contribution < -0.4 is 4.90 Å². The molecular weight excluding hydrogens is 377 g/mol. The predicted octanol–water partition coefficient (Wildman–Crippen LogP) is 4.94. The number of rotatable bonds is 3. The SMILES string of the molecule is O=C(CSc1nc2cc(Cl)c(Cl)cc2[nH]1)N1CCCc2ccccc21. The fourth-order valence-electron chi connectivity index (χ4n) is 3.05. The Morgan fingerprint density at radius 1 is 1.24 bits per heavy atom. The monoisotopic (exact) mass is 391 g/mol. The molecule has 1 aliphatic heterocycles. The van der Waals surface area contributed by atoms with Crippen molar-refractivity contribution in [1.82, 2.24) is 9.97 Å². The third-order valence-corrected chi connectivity index (χ3v) is 5.83. The number of nitrogens with one attached hydrogen (secondary N) is 1. The number of H-pyrrole nitrogens is 1. The van der Waals surface area contributed by atoms with Crippen LogP contribution in [0.5, 0.6) is 0 Å². The van der Waals surface area contributed by atoms with Crippen LogP contribution >= 0.6 is 35.0 Å². The highest BCUT2D eigenvalue weighted by Crippen LogP contribution is 2.30. The van der Waals surface area contributed by atoms with E-state index >= 15 is 0 Å². The minimum atomic E-state index is 0.0914. The largest absolute Gasteiger partial charge is 0.333 e. The fourth-order valence-corrected chi connectivity index (χ4v) is 4.13. The minimum Gasteiger partial charge on any atom is -0.333 e. The molecule has 4 nitrogen and oxygen atoms in total. The molecule has 1 N–H and O–H groups in total. The second-order valence-corrected chi connectivity index (χ2v) is 7.67. The molecule has 0 atom stereocenters. The van der Waals surface area contributed by atoms with Gasteiger partial charge < -0.3 is 9.88 Å². The third kappa shape index (κ3) is 3.36. The number of hydrogen-bond acceptors (Lipinski definition) is 3. The number of imidazole rings is 1. The summed E-state index contributed by atoms with van der Waals surface area (Å²) in [5, 5.41) is 1.64. The first-order chi connectivity index (χ1) is 12.1. The van der Waals surface area contributed by atoms with E-state index in [4.69, 9.17) is 23.2 Å². The van der Waals surface area contributed by atoms with Crippen molar-refractivity contribution >= 4 is 57.6 Å². The number of aryl methyl sites for hydroxylation is 1. The number of para-hydroxylation sites is 1. The van der Waals surface area contributed by atoms with Gasteiger partial charge >= 0.3 is 0 Å². The second kappa shape index (κ2) is 6.90. The van der Waals surface area contributed by atoms with Gasteiger partial charge in [0.2, 0.25) is 5.91 Å². The number of carbonyl (C=O) groups is 1. The number of hydrogen-bond donors (Lipinski definition) is 1. The molecule has 1 amide bonds. The van der Waals surface area contributed by atoms with Crippen molar-refractivity contribution in [1.29, 1.82) is 0 Å². The molecule has 7 heteroatoms. The highest BCUT2D eigenvalue weighted by atomic mass is 35.5. The van der Waals surface area contributed by atoms with Gasteiger partial charge in [-0.1, -0.05) is 53.2 Å². The molecule has 3 aromatic rings. The molecular formula is C18H15Cl2N3OS. The minimum absolute atomic E-state index is 0.0914. The van der Waals surface area contributed by atoms with Crippen LogP contribution in [0.3, 0.4) is 0 Å². The zero-order valence-electron chi connectivity index (χ0n) is 13.3. The van der Waals surface area contributed by atoms with E-state index in [2.05, 4.69) is 16.0 Å². The summed E-state index contributed by atoms with van der Waals surface area (Å²) < 4.78 is 0. The van der Waals surface area contributed by atoms with Gasteiger partial charge in [0, 0.05) is 12.2 Å². The zero-order chi connectivity index (χ0) is 17.4. The van der Waals surface area contributed by atoms with Gasteiger partial charge in [0.25, 0.3) is 0 Å². The lowest BCUT2D eigenvalue weighted by atomic mass is 10.0.